The van der Waals surface area contributed by atoms with E-state index < -0.39 is 0 Å². The first kappa shape index (κ1) is 17.8. The molecule has 0 radical (unpaired) electrons. The summed E-state index contributed by atoms with van der Waals surface area (Å²) >= 11 is 0. The van der Waals surface area contributed by atoms with Crippen molar-refractivity contribution in [2.24, 2.45) is 11.8 Å². The quantitative estimate of drug-likeness (QED) is 0.683. The number of methoxy groups -OCH3 is 1. The van der Waals surface area contributed by atoms with E-state index in [1.54, 1.807) is 0 Å². The number of aryl methyl sites for hydroxylation is 1. The van der Waals surface area contributed by atoms with Gasteiger partial charge in [0.2, 0.25) is 0 Å². The molecule has 3 atom stereocenters. The molecule has 0 saturated heterocycles. The van der Waals surface area contributed by atoms with E-state index in [9.17, 15) is 4.79 Å². The van der Waals surface area contributed by atoms with E-state index in [2.05, 4.69) is 40.7 Å². The number of carbonyl (C=O) groups is 1. The van der Waals surface area contributed by atoms with E-state index in [1.807, 2.05) is 0 Å². The van der Waals surface area contributed by atoms with Crippen molar-refractivity contribution >= 4 is 5.97 Å². The van der Waals surface area contributed by atoms with Gasteiger partial charge in [-0.3, -0.25) is 4.79 Å². The van der Waals surface area contributed by atoms with Crippen molar-refractivity contribution in [1.82, 2.24) is 0 Å². The van der Waals surface area contributed by atoms with Crippen LogP contribution in [0.15, 0.2) is 6.07 Å². The fourth-order valence-corrected chi connectivity index (χ4v) is 3.71. The largest absolute Gasteiger partial charge is 0.493 e. The summed E-state index contributed by atoms with van der Waals surface area (Å²) in [5.41, 5.74) is 5.29. The molecule has 3 unspecified atom stereocenters. The Labute approximate surface area is 140 Å². The third kappa shape index (κ3) is 3.88. The zero-order valence-corrected chi connectivity index (χ0v) is 15.4. The van der Waals surface area contributed by atoms with Gasteiger partial charge < -0.3 is 9.47 Å². The van der Waals surface area contributed by atoms with Crippen molar-refractivity contribution in [3.63, 3.8) is 0 Å². The number of benzene rings is 1. The third-order valence-electron chi connectivity index (χ3n) is 5.15. The molecule has 0 aromatic heterocycles. The number of ether oxygens (including phenoxy) is 2. The summed E-state index contributed by atoms with van der Waals surface area (Å²) in [6.45, 7) is 11.7. The van der Waals surface area contributed by atoms with Gasteiger partial charge >= 0.3 is 5.97 Å². The zero-order valence-electron chi connectivity index (χ0n) is 15.4. The summed E-state index contributed by atoms with van der Waals surface area (Å²) in [5, 5.41) is 0. The molecule has 1 aromatic rings. The van der Waals surface area contributed by atoms with Gasteiger partial charge in [0.25, 0.3) is 0 Å². The van der Waals surface area contributed by atoms with Crippen molar-refractivity contribution in [2.75, 3.05) is 13.7 Å². The summed E-state index contributed by atoms with van der Waals surface area (Å²) in [5.74, 6) is 2.02. The molecule has 0 spiro atoms. The standard InChI is InChI=1S/C20H30O3/c1-7-8-23-18-10-13(3)19(15(5)14(18)4)12(2)9-16-11-17(16)20(21)22-6/h10,12,16-17H,7-9,11H2,1-6H3. The number of hydrogen-bond acceptors (Lipinski definition) is 3. The Morgan fingerprint density at radius 1 is 1.30 bits per heavy atom. The molecule has 23 heavy (non-hydrogen) atoms. The molecular formula is C20H30O3. The molecule has 3 heteroatoms. The molecule has 3 nitrogen and oxygen atoms in total. The third-order valence-corrected chi connectivity index (χ3v) is 5.15. The maximum absolute atomic E-state index is 11.6. The molecule has 0 amide bonds. The lowest BCUT2D eigenvalue weighted by Crippen LogP contribution is -2.08. The predicted octanol–water partition coefficient (Wildman–Crippen LogP) is 4.70. The minimum Gasteiger partial charge on any atom is -0.493 e. The molecule has 0 N–H and O–H groups in total. The predicted molar refractivity (Wildman–Crippen MR) is 93.1 cm³/mol. The maximum Gasteiger partial charge on any atom is 0.308 e. The minimum atomic E-state index is -0.0462. The molecule has 1 aromatic carbocycles. The number of carbonyl (C=O) groups excluding carboxylic acids is 1. The molecule has 0 heterocycles. The van der Waals surface area contributed by atoms with E-state index in [1.165, 1.54) is 29.4 Å². The second kappa shape index (κ2) is 7.37. The van der Waals surface area contributed by atoms with Crippen LogP contribution in [0, 0.1) is 32.6 Å². The highest BCUT2D eigenvalue weighted by Crippen LogP contribution is 2.47. The van der Waals surface area contributed by atoms with Crippen LogP contribution in [-0.4, -0.2) is 19.7 Å². The van der Waals surface area contributed by atoms with Gasteiger partial charge in [-0.15, -0.1) is 0 Å². The Morgan fingerprint density at radius 3 is 2.61 bits per heavy atom. The van der Waals surface area contributed by atoms with Gasteiger partial charge in [-0.1, -0.05) is 13.8 Å². The monoisotopic (exact) mass is 318 g/mol. The van der Waals surface area contributed by atoms with Crippen molar-refractivity contribution in [3.05, 3.63) is 28.3 Å². The van der Waals surface area contributed by atoms with E-state index >= 15 is 0 Å². The smallest absolute Gasteiger partial charge is 0.308 e. The van der Waals surface area contributed by atoms with Crippen molar-refractivity contribution in [1.29, 1.82) is 0 Å². The highest BCUT2D eigenvalue weighted by molar-refractivity contribution is 5.75. The Bertz CT molecular complexity index is 577. The van der Waals surface area contributed by atoms with Crippen molar-refractivity contribution in [3.8, 4) is 5.75 Å². The van der Waals surface area contributed by atoms with E-state index in [0.29, 0.717) is 11.8 Å². The molecule has 128 valence electrons. The summed E-state index contributed by atoms with van der Waals surface area (Å²) in [6.07, 6.45) is 3.05. The van der Waals surface area contributed by atoms with Crippen LogP contribution >= 0.6 is 0 Å². The second-order valence-corrected chi connectivity index (χ2v) is 6.97. The summed E-state index contributed by atoms with van der Waals surface area (Å²) in [7, 11) is 1.48. The average Bonchev–Trinajstić information content (AvgIpc) is 3.27. The van der Waals surface area contributed by atoms with Crippen LogP contribution in [0.1, 0.15) is 61.3 Å². The van der Waals surface area contributed by atoms with Crippen molar-refractivity contribution < 1.29 is 14.3 Å². The fraction of sp³-hybridized carbons (Fsp3) is 0.650. The Hall–Kier alpha value is -1.51. The molecule has 1 aliphatic carbocycles. The van der Waals surface area contributed by atoms with Gasteiger partial charge in [-0.25, -0.2) is 0 Å². The van der Waals surface area contributed by atoms with Crippen LogP contribution in [0.2, 0.25) is 0 Å². The molecule has 0 aliphatic heterocycles. The SMILES string of the molecule is CCCOc1cc(C)c(C(C)CC2CC2C(=O)OC)c(C)c1C. The normalized spacial score (nSPS) is 21.0. The molecular weight excluding hydrogens is 288 g/mol. The lowest BCUT2D eigenvalue weighted by molar-refractivity contribution is -0.142. The first-order valence-electron chi connectivity index (χ1n) is 8.71. The van der Waals surface area contributed by atoms with Gasteiger partial charge in [0.15, 0.2) is 0 Å². The Kier molecular flexibility index (Phi) is 5.72. The molecule has 2 rings (SSSR count). The van der Waals surface area contributed by atoms with Crippen LogP contribution in [-0.2, 0) is 9.53 Å². The molecule has 1 saturated carbocycles. The topological polar surface area (TPSA) is 35.5 Å². The maximum atomic E-state index is 11.6. The number of hydrogen-bond donors (Lipinski definition) is 0. The van der Waals surface area contributed by atoms with Gasteiger partial charge in [0.05, 0.1) is 19.6 Å². The highest BCUT2D eigenvalue weighted by Gasteiger charge is 2.44. The summed E-state index contributed by atoms with van der Waals surface area (Å²) in [6, 6.07) is 2.18. The van der Waals surface area contributed by atoms with Gasteiger partial charge in [0, 0.05) is 0 Å². The van der Waals surface area contributed by atoms with Gasteiger partial charge in [0.1, 0.15) is 5.75 Å². The van der Waals surface area contributed by atoms with E-state index in [4.69, 9.17) is 9.47 Å². The first-order chi connectivity index (χ1) is 10.9. The Balaban J connectivity index is 2.13. The van der Waals surface area contributed by atoms with Gasteiger partial charge in [-0.2, -0.15) is 0 Å². The van der Waals surface area contributed by atoms with Crippen LogP contribution in [0.5, 0.6) is 5.75 Å². The minimum absolute atomic E-state index is 0.0462. The van der Waals surface area contributed by atoms with Crippen LogP contribution in [0.3, 0.4) is 0 Å². The lowest BCUT2D eigenvalue weighted by Gasteiger charge is -2.22. The van der Waals surface area contributed by atoms with Gasteiger partial charge in [-0.05, 0) is 80.2 Å². The van der Waals surface area contributed by atoms with Crippen molar-refractivity contribution in [2.45, 2.75) is 59.8 Å². The first-order valence-corrected chi connectivity index (χ1v) is 8.71. The van der Waals surface area contributed by atoms with Crippen LogP contribution in [0.25, 0.3) is 0 Å². The lowest BCUT2D eigenvalue weighted by atomic mass is 9.86. The molecule has 1 fully saturated rings. The average molecular weight is 318 g/mol. The molecule has 0 bridgehead atoms. The van der Waals surface area contributed by atoms with Crippen LogP contribution < -0.4 is 4.74 Å². The molecule has 1 aliphatic rings. The van der Waals surface area contributed by atoms with E-state index in [-0.39, 0.29) is 11.9 Å². The van der Waals surface area contributed by atoms with E-state index in [0.717, 1.165) is 31.6 Å². The second-order valence-electron chi connectivity index (χ2n) is 6.97. The number of esters is 1. The highest BCUT2D eigenvalue weighted by atomic mass is 16.5. The summed E-state index contributed by atoms with van der Waals surface area (Å²) < 4.78 is 10.7. The number of rotatable bonds is 7. The fourth-order valence-electron chi connectivity index (χ4n) is 3.71. The van der Waals surface area contributed by atoms with Crippen LogP contribution in [0.4, 0.5) is 0 Å². The summed E-state index contributed by atoms with van der Waals surface area (Å²) in [4.78, 5) is 11.6. The Morgan fingerprint density at radius 2 is 2.00 bits per heavy atom. The zero-order chi connectivity index (χ0) is 17.1.